The molecule has 0 spiro atoms. The standard InChI is InChI=1S/C16H19N3S/c1-3-16(4-2)11-20-15(19-16)18-14-7-5-6-12-8-9-17-10-13(12)14/h5-10H,3-4,11H2,1-2H3,(H,18,19). The van der Waals surface area contributed by atoms with E-state index in [1.165, 1.54) is 5.39 Å². The van der Waals surface area contributed by atoms with Crippen LogP contribution in [0.4, 0.5) is 5.69 Å². The Morgan fingerprint density at radius 1 is 1.25 bits per heavy atom. The molecule has 1 N–H and O–H groups in total. The summed E-state index contributed by atoms with van der Waals surface area (Å²) >= 11 is 1.82. The molecular formula is C16H19N3S. The largest absolute Gasteiger partial charge is 0.334 e. The number of benzene rings is 1. The lowest BCUT2D eigenvalue weighted by Crippen LogP contribution is -2.24. The van der Waals surface area contributed by atoms with E-state index >= 15 is 0 Å². The first-order chi connectivity index (χ1) is 9.76. The van der Waals surface area contributed by atoms with E-state index in [1.807, 2.05) is 30.2 Å². The number of fused-ring (bicyclic) bond motifs is 1. The van der Waals surface area contributed by atoms with Crippen molar-refractivity contribution < 1.29 is 0 Å². The smallest absolute Gasteiger partial charge is 0.161 e. The normalized spacial score (nSPS) is 17.2. The molecular weight excluding hydrogens is 266 g/mol. The van der Waals surface area contributed by atoms with E-state index < -0.39 is 0 Å². The molecule has 0 unspecified atom stereocenters. The Morgan fingerprint density at radius 2 is 2.10 bits per heavy atom. The average molecular weight is 285 g/mol. The van der Waals surface area contributed by atoms with Crippen molar-refractivity contribution in [1.29, 1.82) is 0 Å². The second-order valence-corrected chi connectivity index (χ2v) is 6.13. The second kappa shape index (κ2) is 5.44. The fourth-order valence-electron chi connectivity index (χ4n) is 2.50. The third-order valence-electron chi connectivity index (χ3n) is 4.06. The Labute approximate surface area is 123 Å². The lowest BCUT2D eigenvalue weighted by atomic mass is 9.97. The third-order valence-corrected chi connectivity index (χ3v) is 5.21. The average Bonchev–Trinajstić information content (AvgIpc) is 2.92. The van der Waals surface area contributed by atoms with Gasteiger partial charge >= 0.3 is 0 Å². The minimum Gasteiger partial charge on any atom is -0.334 e. The molecule has 1 aliphatic rings. The molecule has 4 heteroatoms. The van der Waals surface area contributed by atoms with Gasteiger partial charge in [0.15, 0.2) is 5.17 Å². The molecule has 3 rings (SSSR count). The van der Waals surface area contributed by atoms with Gasteiger partial charge < -0.3 is 5.32 Å². The molecule has 104 valence electrons. The zero-order chi connectivity index (χ0) is 14.0. The maximum Gasteiger partial charge on any atom is 0.161 e. The fourth-order valence-corrected chi connectivity index (χ4v) is 3.82. The lowest BCUT2D eigenvalue weighted by Gasteiger charge is -2.20. The SMILES string of the molecule is CCC1(CC)CSC(Nc2cccc3ccncc23)=N1. The summed E-state index contributed by atoms with van der Waals surface area (Å²) in [6.07, 6.45) is 5.93. The van der Waals surface area contributed by atoms with Crippen LogP contribution in [0.3, 0.4) is 0 Å². The van der Waals surface area contributed by atoms with E-state index in [0.717, 1.165) is 34.8 Å². The van der Waals surface area contributed by atoms with Gasteiger partial charge in [0, 0.05) is 29.2 Å². The molecule has 0 saturated carbocycles. The number of thioether (sulfide) groups is 1. The van der Waals surface area contributed by atoms with Crippen LogP contribution in [0.5, 0.6) is 0 Å². The van der Waals surface area contributed by atoms with Crippen molar-refractivity contribution in [1.82, 2.24) is 4.98 Å². The van der Waals surface area contributed by atoms with Crippen LogP contribution in [0.25, 0.3) is 10.8 Å². The van der Waals surface area contributed by atoms with Crippen molar-refractivity contribution >= 4 is 33.4 Å². The Bertz CT molecular complexity index is 642. The van der Waals surface area contributed by atoms with Crippen molar-refractivity contribution in [2.75, 3.05) is 11.1 Å². The van der Waals surface area contributed by atoms with E-state index in [0.29, 0.717) is 0 Å². The van der Waals surface area contributed by atoms with Crippen LogP contribution in [0, 0.1) is 0 Å². The van der Waals surface area contributed by atoms with Gasteiger partial charge in [-0.05, 0) is 30.4 Å². The van der Waals surface area contributed by atoms with Crippen molar-refractivity contribution in [3.05, 3.63) is 36.7 Å². The summed E-state index contributed by atoms with van der Waals surface area (Å²) in [7, 11) is 0. The van der Waals surface area contributed by atoms with E-state index in [2.05, 4.69) is 42.3 Å². The Kier molecular flexibility index (Phi) is 3.66. The number of pyridine rings is 1. The number of hydrogen-bond donors (Lipinski definition) is 1. The highest BCUT2D eigenvalue weighted by Crippen LogP contribution is 2.34. The monoisotopic (exact) mass is 285 g/mol. The zero-order valence-corrected chi connectivity index (χ0v) is 12.7. The predicted molar refractivity (Wildman–Crippen MR) is 88.6 cm³/mol. The molecule has 0 radical (unpaired) electrons. The van der Waals surface area contributed by atoms with E-state index in [-0.39, 0.29) is 5.54 Å². The van der Waals surface area contributed by atoms with Gasteiger partial charge in [-0.1, -0.05) is 37.7 Å². The molecule has 0 amide bonds. The molecule has 0 bridgehead atoms. The summed E-state index contributed by atoms with van der Waals surface area (Å²) in [5, 5.41) is 6.85. The third kappa shape index (κ3) is 2.40. The predicted octanol–water partition coefficient (Wildman–Crippen LogP) is 4.31. The number of hydrogen-bond acceptors (Lipinski definition) is 4. The van der Waals surface area contributed by atoms with Crippen molar-refractivity contribution in [2.24, 2.45) is 4.99 Å². The van der Waals surface area contributed by atoms with E-state index in [9.17, 15) is 0 Å². The Balaban J connectivity index is 1.91. The van der Waals surface area contributed by atoms with Crippen LogP contribution < -0.4 is 5.32 Å². The van der Waals surface area contributed by atoms with Crippen LogP contribution >= 0.6 is 11.8 Å². The first kappa shape index (κ1) is 13.4. The highest BCUT2D eigenvalue weighted by molar-refractivity contribution is 8.14. The first-order valence-corrected chi connectivity index (χ1v) is 8.07. The van der Waals surface area contributed by atoms with Crippen molar-refractivity contribution in [2.45, 2.75) is 32.2 Å². The maximum atomic E-state index is 4.91. The molecule has 1 aromatic carbocycles. The maximum absolute atomic E-state index is 4.91. The number of rotatable bonds is 3. The van der Waals surface area contributed by atoms with Gasteiger partial charge in [-0.15, -0.1) is 0 Å². The van der Waals surface area contributed by atoms with Crippen LogP contribution in [0.15, 0.2) is 41.7 Å². The minimum absolute atomic E-state index is 0.121. The van der Waals surface area contributed by atoms with E-state index in [4.69, 9.17) is 4.99 Å². The number of nitrogens with one attached hydrogen (secondary N) is 1. The van der Waals surface area contributed by atoms with E-state index in [1.54, 1.807) is 0 Å². The molecule has 1 aromatic heterocycles. The minimum atomic E-state index is 0.121. The fraction of sp³-hybridized carbons (Fsp3) is 0.375. The van der Waals surface area contributed by atoms with Gasteiger partial charge in [0.2, 0.25) is 0 Å². The number of aromatic nitrogens is 1. The summed E-state index contributed by atoms with van der Waals surface area (Å²) < 4.78 is 0. The van der Waals surface area contributed by atoms with Crippen molar-refractivity contribution in [3.63, 3.8) is 0 Å². The molecule has 2 heterocycles. The Morgan fingerprint density at radius 3 is 2.85 bits per heavy atom. The number of amidine groups is 1. The van der Waals surface area contributed by atoms with Gasteiger partial charge in [-0.3, -0.25) is 9.98 Å². The Hall–Kier alpha value is -1.55. The van der Waals surface area contributed by atoms with Crippen LogP contribution in [-0.4, -0.2) is 21.4 Å². The molecule has 2 aromatic rings. The van der Waals surface area contributed by atoms with Gasteiger partial charge in [-0.2, -0.15) is 0 Å². The zero-order valence-electron chi connectivity index (χ0n) is 11.9. The summed E-state index contributed by atoms with van der Waals surface area (Å²) in [6, 6.07) is 8.30. The summed E-state index contributed by atoms with van der Waals surface area (Å²) in [5.41, 5.74) is 1.21. The number of anilines is 1. The molecule has 0 fully saturated rings. The topological polar surface area (TPSA) is 37.3 Å². The van der Waals surface area contributed by atoms with Gasteiger partial charge in [0.25, 0.3) is 0 Å². The van der Waals surface area contributed by atoms with Crippen molar-refractivity contribution in [3.8, 4) is 0 Å². The molecule has 3 nitrogen and oxygen atoms in total. The highest BCUT2D eigenvalue weighted by Gasteiger charge is 2.32. The first-order valence-electron chi connectivity index (χ1n) is 7.09. The van der Waals surface area contributed by atoms with Gasteiger partial charge in [0.1, 0.15) is 0 Å². The summed E-state index contributed by atoms with van der Waals surface area (Å²) in [4.78, 5) is 9.13. The highest BCUT2D eigenvalue weighted by atomic mass is 32.2. The molecule has 0 aliphatic carbocycles. The second-order valence-electron chi connectivity index (χ2n) is 5.16. The van der Waals surface area contributed by atoms with Gasteiger partial charge in [-0.25, -0.2) is 0 Å². The molecule has 1 aliphatic heterocycles. The van der Waals surface area contributed by atoms with Crippen LogP contribution in [0.1, 0.15) is 26.7 Å². The number of aliphatic imine (C=N–C) groups is 1. The quantitative estimate of drug-likeness (QED) is 0.913. The molecule has 0 atom stereocenters. The van der Waals surface area contributed by atoms with Crippen LogP contribution in [-0.2, 0) is 0 Å². The number of nitrogens with zero attached hydrogens (tertiary/aromatic N) is 2. The van der Waals surface area contributed by atoms with Crippen LogP contribution in [0.2, 0.25) is 0 Å². The summed E-state index contributed by atoms with van der Waals surface area (Å²) in [5.74, 6) is 1.07. The summed E-state index contributed by atoms with van der Waals surface area (Å²) in [6.45, 7) is 4.44. The lowest BCUT2D eigenvalue weighted by molar-refractivity contribution is 0.456. The molecule has 20 heavy (non-hydrogen) atoms. The van der Waals surface area contributed by atoms with Gasteiger partial charge in [0.05, 0.1) is 5.54 Å². The molecule has 0 saturated heterocycles.